The summed E-state index contributed by atoms with van der Waals surface area (Å²) in [4.78, 5) is 37.3. The number of alkyl halides is 2. The lowest BCUT2D eigenvalue weighted by Crippen LogP contribution is -2.51. The topological polar surface area (TPSA) is 88.8 Å². The van der Waals surface area contributed by atoms with Gasteiger partial charge in [-0.3, -0.25) is 13.9 Å². The number of rotatable bonds is 6. The summed E-state index contributed by atoms with van der Waals surface area (Å²) in [5.41, 5.74) is 1.30. The van der Waals surface area contributed by atoms with Crippen molar-refractivity contribution >= 4 is 40.3 Å². The van der Waals surface area contributed by atoms with Crippen LogP contribution in [0, 0.1) is 11.9 Å². The van der Waals surface area contributed by atoms with Crippen molar-refractivity contribution in [3.63, 3.8) is 0 Å². The van der Waals surface area contributed by atoms with Crippen LogP contribution < -0.4 is 5.69 Å². The lowest BCUT2D eigenvalue weighted by Gasteiger charge is -2.38. The van der Waals surface area contributed by atoms with E-state index in [0.717, 1.165) is 4.90 Å². The molecule has 1 aliphatic rings. The minimum absolute atomic E-state index is 0.00959. The number of amides is 1. The molecule has 0 spiro atoms. The van der Waals surface area contributed by atoms with Crippen LogP contribution in [0.2, 0.25) is 10.0 Å². The van der Waals surface area contributed by atoms with E-state index in [4.69, 9.17) is 23.2 Å². The van der Waals surface area contributed by atoms with Crippen LogP contribution in [-0.2, 0) is 24.3 Å². The van der Waals surface area contributed by atoms with E-state index in [2.05, 4.69) is 15.0 Å². The Morgan fingerprint density at radius 3 is 2.71 bits per heavy atom. The third-order valence-electron chi connectivity index (χ3n) is 6.79. The highest BCUT2D eigenvalue weighted by Crippen LogP contribution is 2.34. The van der Waals surface area contributed by atoms with Crippen molar-refractivity contribution < 1.29 is 18.0 Å². The van der Waals surface area contributed by atoms with Gasteiger partial charge in [0.05, 0.1) is 18.6 Å². The van der Waals surface area contributed by atoms with Gasteiger partial charge in [0.1, 0.15) is 5.82 Å². The predicted molar refractivity (Wildman–Crippen MR) is 136 cm³/mol. The largest absolute Gasteiger partial charge is 0.339 e. The number of carbonyl (C=O) groups excluding carboxylic acids is 1. The molecule has 1 N–H and O–H groups in total. The van der Waals surface area contributed by atoms with Gasteiger partial charge >= 0.3 is 5.69 Å². The highest BCUT2D eigenvalue weighted by atomic mass is 35.5. The maximum atomic E-state index is 15.1. The first-order chi connectivity index (χ1) is 18.0. The van der Waals surface area contributed by atoms with E-state index in [9.17, 15) is 14.0 Å². The fourth-order valence-electron chi connectivity index (χ4n) is 4.75. The summed E-state index contributed by atoms with van der Waals surface area (Å²) in [5, 5.41) is 0.829. The molecule has 1 amide bonds. The molecule has 4 aromatic rings. The molecule has 200 valence electrons. The Bertz CT molecular complexity index is 1580. The van der Waals surface area contributed by atoms with Crippen LogP contribution in [0.4, 0.5) is 13.2 Å². The first-order valence-corrected chi connectivity index (χ1v) is 12.6. The number of benzene rings is 1. The number of imidazole rings is 2. The minimum Gasteiger partial charge on any atom is -0.339 e. The number of nitrogens with zero attached hydrogens (tertiary/aromatic N) is 5. The number of carbonyl (C=O) groups is 1. The standard InChI is InChI=1S/C25H23Cl2F3N6O2/c1-14(37)34-7-6-16(25(29,30)13-34)10-36-18(8-15-2-3-17(26)9-19(15)27)11-35(24(36)38)12-22-31-20-4-5-21(28)32-23(20)33-22/h2-5,9,11,16H,6-8,10,12-13H2,1H3,(H,31,32,33). The van der Waals surface area contributed by atoms with Crippen molar-refractivity contribution in [1.29, 1.82) is 0 Å². The fraction of sp³-hybridized carbons (Fsp3) is 0.360. The number of H-pyrrole nitrogens is 1. The molecule has 5 rings (SSSR count). The SMILES string of the molecule is CC(=O)N1CCC(Cn2c(Cc3ccc(Cl)cc3Cl)cn(Cc3nc4nc(F)ccc4[nH]3)c2=O)C(F)(F)C1. The Kier molecular flexibility index (Phi) is 6.99. The van der Waals surface area contributed by atoms with Crippen molar-refractivity contribution in [3.05, 3.63) is 80.1 Å². The molecule has 0 bridgehead atoms. The summed E-state index contributed by atoms with van der Waals surface area (Å²) in [6.07, 6.45) is 1.83. The van der Waals surface area contributed by atoms with Crippen molar-refractivity contribution in [2.75, 3.05) is 13.1 Å². The Morgan fingerprint density at radius 1 is 1.21 bits per heavy atom. The number of hydrogen-bond acceptors (Lipinski definition) is 4. The van der Waals surface area contributed by atoms with Gasteiger partial charge in [-0.1, -0.05) is 29.3 Å². The lowest BCUT2D eigenvalue weighted by atomic mass is 9.92. The zero-order valence-electron chi connectivity index (χ0n) is 20.2. The zero-order valence-corrected chi connectivity index (χ0v) is 21.7. The number of pyridine rings is 1. The van der Waals surface area contributed by atoms with E-state index in [1.54, 1.807) is 24.4 Å². The fourth-order valence-corrected chi connectivity index (χ4v) is 5.22. The van der Waals surface area contributed by atoms with E-state index < -0.39 is 35.9 Å². The van der Waals surface area contributed by atoms with Gasteiger partial charge < -0.3 is 9.88 Å². The molecule has 8 nitrogen and oxygen atoms in total. The monoisotopic (exact) mass is 566 g/mol. The van der Waals surface area contributed by atoms with Gasteiger partial charge in [0.25, 0.3) is 5.92 Å². The zero-order chi connectivity index (χ0) is 27.2. The van der Waals surface area contributed by atoms with Crippen LogP contribution in [-0.4, -0.2) is 53.9 Å². The highest BCUT2D eigenvalue weighted by Gasteiger charge is 2.45. The van der Waals surface area contributed by atoms with Crippen molar-refractivity contribution in [2.24, 2.45) is 5.92 Å². The number of hydrogen-bond donors (Lipinski definition) is 1. The van der Waals surface area contributed by atoms with Gasteiger partial charge in [0.15, 0.2) is 5.65 Å². The van der Waals surface area contributed by atoms with E-state index in [1.807, 2.05) is 0 Å². The molecule has 1 unspecified atom stereocenters. The lowest BCUT2D eigenvalue weighted by molar-refractivity contribution is -0.149. The maximum Gasteiger partial charge on any atom is 0.328 e. The number of piperidine rings is 1. The Balaban J connectivity index is 1.49. The molecular weight excluding hydrogens is 544 g/mol. The molecule has 3 aromatic heterocycles. The number of aromatic amines is 1. The molecule has 4 heterocycles. The van der Waals surface area contributed by atoms with E-state index in [1.165, 1.54) is 28.2 Å². The first kappa shape index (κ1) is 26.3. The molecule has 0 saturated carbocycles. The number of likely N-dealkylation sites (tertiary alicyclic amines) is 1. The smallest absolute Gasteiger partial charge is 0.328 e. The first-order valence-electron chi connectivity index (χ1n) is 11.9. The molecular formula is C25H23Cl2F3N6O2. The summed E-state index contributed by atoms with van der Waals surface area (Å²) in [5.74, 6) is -5.06. The van der Waals surface area contributed by atoms with Gasteiger partial charge in [-0.15, -0.1) is 0 Å². The van der Waals surface area contributed by atoms with Gasteiger partial charge in [-0.05, 0) is 36.2 Å². The summed E-state index contributed by atoms with van der Waals surface area (Å²) in [6, 6.07) is 7.64. The number of nitrogens with one attached hydrogen (secondary N) is 1. The van der Waals surface area contributed by atoms with E-state index in [0.29, 0.717) is 32.6 Å². The van der Waals surface area contributed by atoms with Crippen LogP contribution in [0.1, 0.15) is 30.4 Å². The molecule has 1 fully saturated rings. The number of halogens is 5. The second kappa shape index (κ2) is 10.1. The summed E-state index contributed by atoms with van der Waals surface area (Å²) in [7, 11) is 0. The van der Waals surface area contributed by atoms with Gasteiger partial charge in [-0.25, -0.2) is 18.6 Å². The third kappa shape index (κ3) is 5.30. The second-order valence-corrected chi connectivity index (χ2v) is 10.3. The quantitative estimate of drug-likeness (QED) is 0.348. The van der Waals surface area contributed by atoms with Crippen molar-refractivity contribution in [1.82, 2.24) is 29.0 Å². The van der Waals surface area contributed by atoms with Crippen molar-refractivity contribution in [3.8, 4) is 0 Å². The van der Waals surface area contributed by atoms with Gasteiger partial charge in [0.2, 0.25) is 11.9 Å². The number of aromatic nitrogens is 5. The molecule has 1 aliphatic heterocycles. The van der Waals surface area contributed by atoms with Gasteiger partial charge in [0, 0.05) is 54.3 Å². The molecule has 13 heteroatoms. The molecule has 1 aromatic carbocycles. The summed E-state index contributed by atoms with van der Waals surface area (Å²) < 4.78 is 46.3. The molecule has 38 heavy (non-hydrogen) atoms. The van der Waals surface area contributed by atoms with Crippen LogP contribution in [0.15, 0.2) is 41.3 Å². The highest BCUT2D eigenvalue weighted by molar-refractivity contribution is 6.35. The normalized spacial score (nSPS) is 17.3. The third-order valence-corrected chi connectivity index (χ3v) is 7.38. The Labute approximate surface area is 225 Å². The van der Waals surface area contributed by atoms with Crippen LogP contribution in [0.5, 0.6) is 0 Å². The molecule has 1 atom stereocenters. The average molecular weight is 567 g/mol. The van der Waals surface area contributed by atoms with E-state index >= 15 is 8.78 Å². The molecule has 0 aliphatic carbocycles. The second-order valence-electron chi connectivity index (χ2n) is 9.43. The van der Waals surface area contributed by atoms with Gasteiger partial charge in [-0.2, -0.15) is 9.37 Å². The Morgan fingerprint density at radius 2 is 2.00 bits per heavy atom. The average Bonchev–Trinajstić information content (AvgIpc) is 3.36. The van der Waals surface area contributed by atoms with Crippen LogP contribution >= 0.6 is 23.2 Å². The van der Waals surface area contributed by atoms with E-state index in [-0.39, 0.29) is 38.1 Å². The summed E-state index contributed by atoms with van der Waals surface area (Å²) >= 11 is 12.4. The predicted octanol–water partition coefficient (Wildman–Crippen LogP) is 4.51. The molecule has 1 saturated heterocycles. The van der Waals surface area contributed by atoms with Crippen LogP contribution in [0.3, 0.4) is 0 Å². The maximum absolute atomic E-state index is 15.1. The van der Waals surface area contributed by atoms with Crippen molar-refractivity contribution in [2.45, 2.75) is 38.8 Å². The molecule has 0 radical (unpaired) electrons. The Hall–Kier alpha value is -3.31. The summed E-state index contributed by atoms with van der Waals surface area (Å²) in [6.45, 7) is 0.509. The minimum atomic E-state index is -3.17. The number of fused-ring (bicyclic) bond motifs is 1. The van der Waals surface area contributed by atoms with Crippen LogP contribution in [0.25, 0.3) is 11.2 Å².